The molecule has 7 nitrogen and oxygen atoms in total. The van der Waals surface area contributed by atoms with Gasteiger partial charge in [-0.15, -0.1) is 0 Å². The molecule has 0 saturated carbocycles. The van der Waals surface area contributed by atoms with Gasteiger partial charge >= 0.3 is 12.1 Å². The fraction of sp³-hybridized carbons (Fsp3) is 0.471. The van der Waals surface area contributed by atoms with Crippen LogP contribution >= 0.6 is 11.6 Å². The molecule has 0 aromatic heterocycles. The highest BCUT2D eigenvalue weighted by Crippen LogP contribution is 2.32. The predicted molar refractivity (Wildman–Crippen MR) is 95.1 cm³/mol. The number of anilines is 1. The number of amides is 2. The van der Waals surface area contributed by atoms with Crippen LogP contribution in [0.5, 0.6) is 0 Å². The number of nitrogens with zero attached hydrogens (tertiary/aromatic N) is 1. The Labute approximate surface area is 164 Å². The van der Waals surface area contributed by atoms with Crippen LogP contribution in [-0.4, -0.2) is 57.8 Å². The summed E-state index contributed by atoms with van der Waals surface area (Å²) in [5.41, 5.74) is -3.93. The molecule has 1 rings (SSSR count). The molecule has 0 heterocycles. The lowest BCUT2D eigenvalue weighted by molar-refractivity contribution is -0.242. The van der Waals surface area contributed by atoms with Gasteiger partial charge in [0.1, 0.15) is 6.04 Å². The van der Waals surface area contributed by atoms with Gasteiger partial charge in [-0.3, -0.25) is 9.59 Å². The Hall–Kier alpha value is -2.33. The number of carboxylic acid groups (broad SMARTS) is 1. The summed E-state index contributed by atoms with van der Waals surface area (Å²) < 4.78 is 38.1. The third-order valence-corrected chi connectivity index (χ3v) is 4.39. The topological polar surface area (TPSA) is 107 Å². The molecule has 2 amide bonds. The minimum absolute atomic E-state index is 0.0278. The zero-order chi connectivity index (χ0) is 22.0. The third-order valence-electron chi connectivity index (χ3n) is 4.08. The zero-order valence-corrected chi connectivity index (χ0v) is 16.2. The molecule has 1 aromatic carbocycles. The van der Waals surface area contributed by atoms with Gasteiger partial charge in [-0.2, -0.15) is 13.2 Å². The van der Waals surface area contributed by atoms with Crippen LogP contribution in [0.1, 0.15) is 31.1 Å². The van der Waals surface area contributed by atoms with Crippen LogP contribution in [-0.2, 0) is 9.59 Å². The summed E-state index contributed by atoms with van der Waals surface area (Å²) in [5.74, 6) is -4.01. The monoisotopic (exact) mass is 424 g/mol. The summed E-state index contributed by atoms with van der Waals surface area (Å²) in [5, 5.41) is 20.2. The molecule has 0 spiro atoms. The molecule has 0 aliphatic carbocycles. The molecule has 1 aromatic rings. The largest absolute Gasteiger partial charge is 0.480 e. The van der Waals surface area contributed by atoms with Crippen LogP contribution in [0.3, 0.4) is 0 Å². The molecule has 0 aliphatic rings. The number of aliphatic hydroxyl groups is 1. The van der Waals surface area contributed by atoms with Gasteiger partial charge in [0.25, 0.3) is 11.8 Å². The van der Waals surface area contributed by atoms with E-state index in [1.165, 1.54) is 13.1 Å². The van der Waals surface area contributed by atoms with Gasteiger partial charge in [-0.25, -0.2) is 4.79 Å². The number of benzene rings is 1. The highest BCUT2D eigenvalue weighted by molar-refractivity contribution is 6.34. The van der Waals surface area contributed by atoms with E-state index in [1.807, 2.05) is 5.32 Å². The van der Waals surface area contributed by atoms with E-state index in [9.17, 15) is 37.8 Å². The molecule has 156 valence electrons. The Morgan fingerprint density at radius 3 is 2.14 bits per heavy atom. The standard InChI is InChI=1S/C17H20ClF3N2O5/c1-8(2)12(14(25)26)23(4)13(24)9-5-6-11(10(18)7-9)22-15(27)16(3,28)17(19,20)21/h5-8,12,28H,1-4H3,(H,22,27)(H,25,26)/t12-,16+/m0/s1. The highest BCUT2D eigenvalue weighted by atomic mass is 35.5. The van der Waals surface area contributed by atoms with Crippen LogP contribution in [0, 0.1) is 5.92 Å². The maximum atomic E-state index is 12.7. The molecule has 0 radical (unpaired) electrons. The van der Waals surface area contributed by atoms with E-state index in [2.05, 4.69) is 0 Å². The Bertz CT molecular complexity index is 781. The van der Waals surface area contributed by atoms with Crippen molar-refractivity contribution in [2.45, 2.75) is 38.6 Å². The van der Waals surface area contributed by atoms with Crippen molar-refractivity contribution >= 4 is 35.1 Å². The van der Waals surface area contributed by atoms with Crippen LogP contribution in [0.4, 0.5) is 18.9 Å². The summed E-state index contributed by atoms with van der Waals surface area (Å²) in [4.78, 5) is 36.6. The Morgan fingerprint density at radius 1 is 1.21 bits per heavy atom. The summed E-state index contributed by atoms with van der Waals surface area (Å²) in [6, 6.07) is 2.23. The lowest BCUT2D eigenvalue weighted by atomic mass is 10.0. The van der Waals surface area contributed by atoms with Crippen molar-refractivity contribution in [3.05, 3.63) is 28.8 Å². The van der Waals surface area contributed by atoms with E-state index >= 15 is 0 Å². The first-order valence-electron chi connectivity index (χ1n) is 8.01. The fourth-order valence-corrected chi connectivity index (χ4v) is 2.58. The quantitative estimate of drug-likeness (QED) is 0.651. The van der Waals surface area contributed by atoms with Gasteiger partial charge in [-0.1, -0.05) is 25.4 Å². The number of carbonyl (C=O) groups is 3. The number of rotatable bonds is 6. The number of nitrogens with one attached hydrogen (secondary N) is 1. The Kier molecular flexibility index (Phi) is 7.08. The number of hydrogen-bond donors (Lipinski definition) is 3. The lowest BCUT2D eigenvalue weighted by Crippen LogP contribution is -2.52. The first-order valence-corrected chi connectivity index (χ1v) is 8.39. The SMILES string of the molecule is CC(C)[C@@H](C(=O)O)N(C)C(=O)c1ccc(NC(=O)[C@@](C)(O)C(F)(F)F)c(Cl)c1. The normalized spacial score (nSPS) is 14.9. The average Bonchev–Trinajstić information content (AvgIpc) is 2.53. The van der Waals surface area contributed by atoms with E-state index in [0.29, 0.717) is 6.92 Å². The Balaban J connectivity index is 3.09. The smallest absolute Gasteiger partial charge is 0.426 e. The van der Waals surface area contributed by atoms with Crippen molar-refractivity contribution in [3.8, 4) is 0 Å². The molecule has 2 atom stereocenters. The van der Waals surface area contributed by atoms with E-state index in [4.69, 9.17) is 11.6 Å². The van der Waals surface area contributed by atoms with Gasteiger partial charge in [0.15, 0.2) is 0 Å². The first-order chi connectivity index (χ1) is 12.6. The van der Waals surface area contributed by atoms with Gasteiger partial charge < -0.3 is 20.4 Å². The van der Waals surface area contributed by atoms with Crippen molar-refractivity contribution in [1.29, 1.82) is 0 Å². The number of alkyl halides is 3. The molecule has 0 saturated heterocycles. The molecule has 0 aliphatic heterocycles. The van der Waals surface area contributed by atoms with Crippen molar-refractivity contribution in [3.63, 3.8) is 0 Å². The molecule has 11 heteroatoms. The van der Waals surface area contributed by atoms with E-state index in [0.717, 1.165) is 17.0 Å². The fourth-order valence-electron chi connectivity index (χ4n) is 2.35. The summed E-state index contributed by atoms with van der Waals surface area (Å²) in [6.07, 6.45) is -5.20. The molecule has 0 bridgehead atoms. The molecule has 3 N–H and O–H groups in total. The number of carbonyl (C=O) groups excluding carboxylic acids is 2. The Morgan fingerprint density at radius 2 is 1.75 bits per heavy atom. The van der Waals surface area contributed by atoms with Crippen LogP contribution in [0.25, 0.3) is 0 Å². The first kappa shape index (κ1) is 23.7. The average molecular weight is 425 g/mol. The number of likely N-dealkylation sites (N-methyl/N-ethyl adjacent to an activating group) is 1. The van der Waals surface area contributed by atoms with Gasteiger partial charge in [-0.05, 0) is 31.0 Å². The van der Waals surface area contributed by atoms with Crippen molar-refractivity contribution < 1.29 is 37.8 Å². The minimum Gasteiger partial charge on any atom is -0.480 e. The highest BCUT2D eigenvalue weighted by Gasteiger charge is 2.55. The van der Waals surface area contributed by atoms with Gasteiger partial charge in [0.2, 0.25) is 5.60 Å². The van der Waals surface area contributed by atoms with Crippen molar-refractivity contribution in [1.82, 2.24) is 4.90 Å². The maximum Gasteiger partial charge on any atom is 0.426 e. The van der Waals surface area contributed by atoms with Gasteiger partial charge in [0, 0.05) is 12.6 Å². The second-order valence-corrected chi connectivity index (χ2v) is 7.07. The lowest BCUT2D eigenvalue weighted by Gasteiger charge is -2.28. The minimum atomic E-state index is -5.20. The zero-order valence-electron chi connectivity index (χ0n) is 15.5. The number of carboxylic acids is 1. The molecule has 0 unspecified atom stereocenters. The second-order valence-electron chi connectivity index (χ2n) is 6.66. The molecule has 28 heavy (non-hydrogen) atoms. The number of aliphatic carboxylic acids is 1. The third kappa shape index (κ3) is 4.93. The van der Waals surface area contributed by atoms with E-state index in [1.54, 1.807) is 13.8 Å². The molecular formula is C17H20ClF3N2O5. The molecular weight excluding hydrogens is 405 g/mol. The van der Waals surface area contributed by atoms with Crippen LogP contribution in [0.15, 0.2) is 18.2 Å². The van der Waals surface area contributed by atoms with Crippen molar-refractivity contribution in [2.75, 3.05) is 12.4 Å². The predicted octanol–water partition coefficient (Wildman–Crippen LogP) is 2.77. The molecule has 0 fully saturated rings. The van der Waals surface area contributed by atoms with Crippen LogP contribution in [0.2, 0.25) is 5.02 Å². The number of halogens is 4. The summed E-state index contributed by atoms with van der Waals surface area (Å²) in [7, 11) is 1.30. The van der Waals surface area contributed by atoms with Crippen molar-refractivity contribution in [2.24, 2.45) is 5.92 Å². The van der Waals surface area contributed by atoms with E-state index in [-0.39, 0.29) is 22.2 Å². The number of hydrogen-bond acceptors (Lipinski definition) is 4. The van der Waals surface area contributed by atoms with E-state index < -0.39 is 35.6 Å². The summed E-state index contributed by atoms with van der Waals surface area (Å²) >= 11 is 5.93. The maximum absolute atomic E-state index is 12.7. The van der Waals surface area contributed by atoms with Gasteiger partial charge in [0.05, 0.1) is 10.7 Å². The van der Waals surface area contributed by atoms with Crippen LogP contribution < -0.4 is 5.32 Å². The second kappa shape index (κ2) is 8.36. The summed E-state index contributed by atoms with van der Waals surface area (Å²) in [6.45, 7) is 3.54.